The quantitative estimate of drug-likeness (QED) is 0.795. The molecule has 1 aromatic heterocycles. The Morgan fingerprint density at radius 2 is 2.19 bits per heavy atom. The van der Waals surface area contributed by atoms with Crippen molar-refractivity contribution >= 4 is 10.0 Å². The summed E-state index contributed by atoms with van der Waals surface area (Å²) in [4.78, 5) is 6.38. The fraction of sp³-hybridized carbons (Fsp3) is 0.667. The first kappa shape index (κ1) is 14.9. The standard InChI is InChI=1S/C15H23N3O2S/c1-17(10-13-3-2-7-16-9-13)11-14-6-8-18(12-14)21(19,20)15-4-5-15/h2-3,7,9,14-15H,4-6,8,10-12H2,1H3. The summed E-state index contributed by atoms with van der Waals surface area (Å²) >= 11 is 0. The van der Waals surface area contributed by atoms with Gasteiger partial charge in [-0.25, -0.2) is 12.7 Å². The normalized spacial score (nSPS) is 23.8. The van der Waals surface area contributed by atoms with Gasteiger partial charge in [0, 0.05) is 38.6 Å². The van der Waals surface area contributed by atoms with Crippen LogP contribution in [-0.2, 0) is 16.6 Å². The predicted octanol–water partition coefficient (Wildman–Crippen LogP) is 1.33. The average Bonchev–Trinajstić information content (AvgIpc) is 3.21. The highest BCUT2D eigenvalue weighted by Crippen LogP contribution is 2.33. The van der Waals surface area contributed by atoms with Gasteiger partial charge in [-0.05, 0) is 43.9 Å². The minimum atomic E-state index is -2.99. The van der Waals surface area contributed by atoms with Gasteiger partial charge in [-0.3, -0.25) is 4.98 Å². The third-order valence-corrected chi connectivity index (χ3v) is 6.66. The van der Waals surface area contributed by atoms with E-state index < -0.39 is 10.0 Å². The molecule has 2 fully saturated rings. The number of hydrogen-bond acceptors (Lipinski definition) is 4. The van der Waals surface area contributed by atoms with Gasteiger partial charge in [0.25, 0.3) is 0 Å². The summed E-state index contributed by atoms with van der Waals surface area (Å²) in [6.45, 7) is 3.19. The fourth-order valence-corrected chi connectivity index (χ4v) is 4.99. The molecule has 0 radical (unpaired) electrons. The molecule has 1 aromatic rings. The maximum atomic E-state index is 12.2. The molecular weight excluding hydrogens is 286 g/mol. The molecule has 2 heterocycles. The zero-order valence-corrected chi connectivity index (χ0v) is 13.3. The molecule has 0 N–H and O–H groups in total. The number of nitrogens with zero attached hydrogens (tertiary/aromatic N) is 3. The van der Waals surface area contributed by atoms with Gasteiger partial charge in [-0.2, -0.15) is 0 Å². The molecule has 1 saturated heterocycles. The largest absolute Gasteiger partial charge is 0.302 e. The van der Waals surface area contributed by atoms with Gasteiger partial charge in [-0.15, -0.1) is 0 Å². The highest BCUT2D eigenvalue weighted by atomic mass is 32.2. The SMILES string of the molecule is CN(Cc1cccnc1)CC1CCN(S(=O)(=O)C2CC2)C1. The number of rotatable bonds is 6. The molecular formula is C15H23N3O2S. The van der Waals surface area contributed by atoms with Crippen molar-refractivity contribution < 1.29 is 8.42 Å². The number of hydrogen-bond donors (Lipinski definition) is 0. The molecule has 1 aliphatic heterocycles. The molecule has 0 amide bonds. The zero-order valence-electron chi connectivity index (χ0n) is 12.5. The summed E-state index contributed by atoms with van der Waals surface area (Å²) in [5.74, 6) is 0.445. The zero-order chi connectivity index (χ0) is 14.9. The minimum absolute atomic E-state index is 0.0793. The van der Waals surface area contributed by atoms with Crippen molar-refractivity contribution in [3.8, 4) is 0 Å². The van der Waals surface area contributed by atoms with E-state index in [9.17, 15) is 8.42 Å². The number of sulfonamides is 1. The van der Waals surface area contributed by atoms with Crippen LogP contribution < -0.4 is 0 Å². The molecule has 5 nitrogen and oxygen atoms in total. The second-order valence-electron chi connectivity index (χ2n) is 6.32. The van der Waals surface area contributed by atoms with Gasteiger partial charge in [0.15, 0.2) is 0 Å². The van der Waals surface area contributed by atoms with E-state index in [-0.39, 0.29) is 5.25 Å². The molecule has 1 saturated carbocycles. The lowest BCUT2D eigenvalue weighted by Gasteiger charge is -2.21. The van der Waals surface area contributed by atoms with Crippen LogP contribution in [0.2, 0.25) is 0 Å². The van der Waals surface area contributed by atoms with Gasteiger partial charge in [0.2, 0.25) is 10.0 Å². The van der Waals surface area contributed by atoms with Crippen molar-refractivity contribution in [2.45, 2.75) is 31.1 Å². The van der Waals surface area contributed by atoms with E-state index in [1.165, 1.54) is 5.56 Å². The van der Waals surface area contributed by atoms with Crippen LogP contribution in [0.1, 0.15) is 24.8 Å². The van der Waals surface area contributed by atoms with Crippen molar-refractivity contribution in [3.05, 3.63) is 30.1 Å². The van der Waals surface area contributed by atoms with E-state index in [4.69, 9.17) is 0 Å². The van der Waals surface area contributed by atoms with Crippen LogP contribution in [0.4, 0.5) is 0 Å². The van der Waals surface area contributed by atoms with Gasteiger partial charge in [-0.1, -0.05) is 6.07 Å². The van der Waals surface area contributed by atoms with Crippen LogP contribution in [0.5, 0.6) is 0 Å². The maximum Gasteiger partial charge on any atom is 0.216 e. The molecule has 0 aromatic carbocycles. The third kappa shape index (κ3) is 3.62. The Balaban J connectivity index is 1.50. The maximum absolute atomic E-state index is 12.2. The predicted molar refractivity (Wildman–Crippen MR) is 82.2 cm³/mol. The monoisotopic (exact) mass is 309 g/mol. The van der Waals surface area contributed by atoms with Crippen LogP contribution in [0.15, 0.2) is 24.5 Å². The Labute approximate surface area is 127 Å². The lowest BCUT2D eigenvalue weighted by atomic mass is 10.1. The molecule has 21 heavy (non-hydrogen) atoms. The van der Waals surface area contributed by atoms with E-state index in [1.54, 1.807) is 10.5 Å². The number of aromatic nitrogens is 1. The molecule has 0 bridgehead atoms. The highest BCUT2D eigenvalue weighted by Gasteiger charge is 2.42. The lowest BCUT2D eigenvalue weighted by Crippen LogP contribution is -2.33. The van der Waals surface area contributed by atoms with E-state index in [2.05, 4.69) is 23.0 Å². The van der Waals surface area contributed by atoms with Gasteiger partial charge in [0.05, 0.1) is 5.25 Å². The van der Waals surface area contributed by atoms with Crippen molar-refractivity contribution in [2.75, 3.05) is 26.7 Å². The smallest absolute Gasteiger partial charge is 0.216 e. The van der Waals surface area contributed by atoms with Crippen molar-refractivity contribution in [2.24, 2.45) is 5.92 Å². The Morgan fingerprint density at radius 1 is 1.38 bits per heavy atom. The molecule has 6 heteroatoms. The summed E-state index contributed by atoms with van der Waals surface area (Å²) < 4.78 is 26.2. The van der Waals surface area contributed by atoms with Crippen molar-refractivity contribution in [3.63, 3.8) is 0 Å². The Kier molecular flexibility index (Phi) is 4.28. The topological polar surface area (TPSA) is 53.5 Å². The second kappa shape index (κ2) is 6.02. The average molecular weight is 309 g/mol. The molecule has 1 atom stereocenters. The molecule has 1 unspecified atom stereocenters. The second-order valence-corrected chi connectivity index (χ2v) is 8.53. The summed E-state index contributed by atoms with van der Waals surface area (Å²) in [6.07, 6.45) is 6.34. The summed E-state index contributed by atoms with van der Waals surface area (Å²) in [5.41, 5.74) is 1.19. The highest BCUT2D eigenvalue weighted by molar-refractivity contribution is 7.90. The molecule has 2 aliphatic rings. The van der Waals surface area contributed by atoms with Gasteiger partial charge >= 0.3 is 0 Å². The van der Waals surface area contributed by atoms with Crippen molar-refractivity contribution in [1.29, 1.82) is 0 Å². The van der Waals surface area contributed by atoms with Crippen LogP contribution in [0.3, 0.4) is 0 Å². The minimum Gasteiger partial charge on any atom is -0.302 e. The summed E-state index contributed by atoms with van der Waals surface area (Å²) in [7, 11) is -0.900. The lowest BCUT2D eigenvalue weighted by molar-refractivity contribution is 0.273. The van der Waals surface area contributed by atoms with E-state index in [0.717, 1.165) is 32.4 Å². The van der Waals surface area contributed by atoms with Crippen LogP contribution in [-0.4, -0.2) is 54.5 Å². The van der Waals surface area contributed by atoms with Crippen molar-refractivity contribution in [1.82, 2.24) is 14.2 Å². The fourth-order valence-electron chi connectivity index (χ4n) is 3.06. The number of pyridine rings is 1. The first-order valence-corrected chi connectivity index (χ1v) is 9.12. The Hall–Kier alpha value is -0.980. The summed E-state index contributed by atoms with van der Waals surface area (Å²) in [5, 5.41) is -0.0793. The molecule has 116 valence electrons. The molecule has 1 aliphatic carbocycles. The third-order valence-electron chi connectivity index (χ3n) is 4.30. The molecule has 0 spiro atoms. The van der Waals surface area contributed by atoms with E-state index in [1.807, 2.05) is 12.3 Å². The first-order chi connectivity index (χ1) is 10.1. The first-order valence-electron chi connectivity index (χ1n) is 7.62. The van der Waals surface area contributed by atoms with Crippen LogP contribution in [0.25, 0.3) is 0 Å². The van der Waals surface area contributed by atoms with Gasteiger partial charge in [0.1, 0.15) is 0 Å². The summed E-state index contributed by atoms with van der Waals surface area (Å²) in [6, 6.07) is 4.02. The van der Waals surface area contributed by atoms with E-state index >= 15 is 0 Å². The Bertz CT molecular complexity index is 572. The Morgan fingerprint density at radius 3 is 2.86 bits per heavy atom. The molecule has 3 rings (SSSR count). The van der Waals surface area contributed by atoms with Crippen LogP contribution in [0, 0.1) is 5.92 Å². The van der Waals surface area contributed by atoms with Crippen LogP contribution >= 0.6 is 0 Å². The van der Waals surface area contributed by atoms with Gasteiger partial charge < -0.3 is 4.90 Å². The van der Waals surface area contributed by atoms with E-state index in [0.29, 0.717) is 19.0 Å².